The van der Waals surface area contributed by atoms with E-state index in [1.807, 2.05) is 0 Å². The van der Waals surface area contributed by atoms with E-state index in [2.05, 4.69) is 11.2 Å². The molecule has 1 atom stereocenters. The van der Waals surface area contributed by atoms with Crippen LogP contribution in [0.4, 0.5) is 4.39 Å². The number of rotatable bonds is 2. The van der Waals surface area contributed by atoms with Crippen LogP contribution in [-0.2, 0) is 4.79 Å². The van der Waals surface area contributed by atoms with Crippen LogP contribution in [-0.4, -0.2) is 23.5 Å². The van der Waals surface area contributed by atoms with Crippen molar-refractivity contribution in [3.8, 4) is 12.3 Å². The van der Waals surface area contributed by atoms with Crippen LogP contribution in [0.25, 0.3) is 0 Å². The van der Waals surface area contributed by atoms with Gasteiger partial charge in [0, 0.05) is 18.5 Å². The van der Waals surface area contributed by atoms with E-state index in [1.165, 1.54) is 0 Å². The summed E-state index contributed by atoms with van der Waals surface area (Å²) in [5.41, 5.74) is -1.79. The van der Waals surface area contributed by atoms with Crippen LogP contribution in [0, 0.1) is 12.3 Å². The Balaban J connectivity index is 2.05. The molecule has 1 heterocycles. The third-order valence-electron chi connectivity index (χ3n) is 3.44. The quantitative estimate of drug-likeness (QED) is 0.671. The second-order valence-electron chi connectivity index (χ2n) is 4.43. The van der Waals surface area contributed by atoms with Gasteiger partial charge in [0.25, 0.3) is 0 Å². The third kappa shape index (κ3) is 1.34. The molecule has 0 aromatic rings. The van der Waals surface area contributed by atoms with E-state index < -0.39 is 11.5 Å². The monoisotopic (exact) mass is 195 g/mol. The van der Waals surface area contributed by atoms with Crippen molar-refractivity contribution in [2.75, 3.05) is 6.54 Å². The average molecular weight is 195 g/mol. The number of ketones is 1. The summed E-state index contributed by atoms with van der Waals surface area (Å²) in [4.78, 5) is 11.4. The lowest BCUT2D eigenvalue weighted by atomic mass is 9.73. The molecule has 3 heteroatoms. The summed E-state index contributed by atoms with van der Waals surface area (Å²) in [7, 11) is 0. The normalized spacial score (nSPS) is 33.7. The number of halogens is 1. The fourth-order valence-corrected chi connectivity index (χ4v) is 2.39. The Hall–Kier alpha value is -0.880. The summed E-state index contributed by atoms with van der Waals surface area (Å²) < 4.78 is 14.1. The van der Waals surface area contributed by atoms with Crippen molar-refractivity contribution in [3.05, 3.63) is 0 Å². The molecule has 1 saturated heterocycles. The first-order valence-electron chi connectivity index (χ1n) is 5.01. The summed E-state index contributed by atoms with van der Waals surface area (Å²) in [5.74, 6) is 1.78. The molecule has 1 spiro atoms. The number of carbonyl (C=O) groups excluding carboxylic acids is 1. The Bertz CT molecular complexity index is 303. The zero-order valence-electron chi connectivity index (χ0n) is 8.11. The van der Waals surface area contributed by atoms with Crippen LogP contribution in [0.5, 0.6) is 0 Å². The van der Waals surface area contributed by atoms with Gasteiger partial charge in [-0.25, -0.2) is 4.39 Å². The molecule has 2 rings (SSSR count). The van der Waals surface area contributed by atoms with Gasteiger partial charge in [-0.15, -0.1) is 6.42 Å². The predicted octanol–water partition coefficient (Wildman–Crippen LogP) is 1.20. The molecule has 2 aliphatic rings. The molecule has 1 aliphatic carbocycles. The lowest BCUT2D eigenvalue weighted by molar-refractivity contribution is -0.128. The summed E-state index contributed by atoms with van der Waals surface area (Å²) in [6, 6.07) is 0. The van der Waals surface area contributed by atoms with Gasteiger partial charge < -0.3 is 5.32 Å². The molecule has 1 aliphatic heterocycles. The number of hydrogen-bond acceptors (Lipinski definition) is 2. The summed E-state index contributed by atoms with van der Waals surface area (Å²) in [5, 5.41) is 3.13. The zero-order valence-corrected chi connectivity index (χ0v) is 8.11. The molecular weight excluding hydrogens is 181 g/mol. The molecule has 0 aromatic heterocycles. The first-order chi connectivity index (χ1) is 6.60. The first kappa shape index (κ1) is 9.67. The molecule has 0 radical (unpaired) electrons. The van der Waals surface area contributed by atoms with E-state index in [0.29, 0.717) is 6.42 Å². The van der Waals surface area contributed by atoms with Crippen LogP contribution in [0.15, 0.2) is 0 Å². The molecule has 2 nitrogen and oxygen atoms in total. The van der Waals surface area contributed by atoms with Crippen molar-refractivity contribution in [2.45, 2.75) is 43.3 Å². The van der Waals surface area contributed by atoms with Gasteiger partial charge in [0.05, 0.1) is 6.42 Å². The van der Waals surface area contributed by atoms with Gasteiger partial charge in [-0.1, -0.05) is 5.92 Å². The maximum absolute atomic E-state index is 14.1. The fourth-order valence-electron chi connectivity index (χ4n) is 2.39. The van der Waals surface area contributed by atoms with Crippen LogP contribution >= 0.6 is 0 Å². The van der Waals surface area contributed by atoms with E-state index in [0.717, 1.165) is 19.3 Å². The van der Waals surface area contributed by atoms with Crippen LogP contribution in [0.1, 0.15) is 32.1 Å². The van der Waals surface area contributed by atoms with Gasteiger partial charge in [0.15, 0.2) is 11.5 Å². The van der Waals surface area contributed by atoms with E-state index in [-0.39, 0.29) is 18.5 Å². The average Bonchev–Trinajstić information content (AvgIpc) is 2.45. The molecule has 0 unspecified atom stereocenters. The number of nitrogens with one attached hydrogen (secondary N) is 1. The van der Waals surface area contributed by atoms with E-state index in [1.54, 1.807) is 0 Å². The van der Waals surface area contributed by atoms with Crippen LogP contribution < -0.4 is 5.32 Å². The van der Waals surface area contributed by atoms with E-state index in [4.69, 9.17) is 6.42 Å². The second kappa shape index (κ2) is 3.06. The number of terminal acetylenes is 1. The molecule has 0 amide bonds. The number of Topliss-reactive ketones (excluding diaryl/α,β-unsaturated/α-hetero) is 1. The van der Waals surface area contributed by atoms with Gasteiger partial charge in [0.2, 0.25) is 0 Å². The summed E-state index contributed by atoms with van der Waals surface area (Å²) >= 11 is 0. The van der Waals surface area contributed by atoms with Gasteiger partial charge in [0.1, 0.15) is 0 Å². The highest BCUT2D eigenvalue weighted by atomic mass is 19.1. The summed E-state index contributed by atoms with van der Waals surface area (Å²) in [6.07, 6.45) is 8.35. The van der Waals surface area contributed by atoms with Gasteiger partial charge in [-0.3, -0.25) is 4.79 Å². The Kier molecular flexibility index (Phi) is 2.11. The zero-order chi connectivity index (χ0) is 10.2. The Morgan fingerprint density at radius 1 is 1.57 bits per heavy atom. The first-order valence-corrected chi connectivity index (χ1v) is 5.01. The maximum atomic E-state index is 14.1. The third-order valence-corrected chi connectivity index (χ3v) is 3.44. The topological polar surface area (TPSA) is 29.1 Å². The summed E-state index contributed by atoms with van der Waals surface area (Å²) in [6.45, 7) is 0.146. The minimum atomic E-state index is -1.70. The van der Waals surface area contributed by atoms with Crippen LogP contribution in [0.2, 0.25) is 0 Å². The highest BCUT2D eigenvalue weighted by Crippen LogP contribution is 2.44. The van der Waals surface area contributed by atoms with Crippen molar-refractivity contribution in [1.29, 1.82) is 0 Å². The lowest BCUT2D eigenvalue weighted by Gasteiger charge is -2.38. The maximum Gasteiger partial charge on any atom is 0.183 e. The number of hydrogen-bond donors (Lipinski definition) is 1. The molecule has 1 saturated carbocycles. The molecule has 1 N–H and O–H groups in total. The standard InChI is InChI=1S/C11H14FNO/c1-2-4-9(14)11(12)7-10(13-8-11)5-3-6-10/h1,13H,3-8H2/t11-/m0/s1. The molecule has 2 fully saturated rings. The van der Waals surface area contributed by atoms with Gasteiger partial charge >= 0.3 is 0 Å². The van der Waals surface area contributed by atoms with Crippen molar-refractivity contribution < 1.29 is 9.18 Å². The van der Waals surface area contributed by atoms with Crippen molar-refractivity contribution in [2.24, 2.45) is 0 Å². The van der Waals surface area contributed by atoms with Crippen molar-refractivity contribution in [1.82, 2.24) is 5.32 Å². The second-order valence-corrected chi connectivity index (χ2v) is 4.43. The molecule has 14 heavy (non-hydrogen) atoms. The minimum absolute atomic E-state index is 0.0843. The Labute approximate surface area is 83.3 Å². The molecule has 76 valence electrons. The van der Waals surface area contributed by atoms with E-state index >= 15 is 0 Å². The minimum Gasteiger partial charge on any atom is -0.307 e. The lowest BCUT2D eigenvalue weighted by Crippen LogP contribution is -2.46. The molecule has 0 aromatic carbocycles. The van der Waals surface area contributed by atoms with Gasteiger partial charge in [-0.2, -0.15) is 0 Å². The fraction of sp³-hybridized carbons (Fsp3) is 0.727. The SMILES string of the molecule is C#CCC(=O)[C@@]1(F)CNC2(CCC2)C1. The molecule has 0 bridgehead atoms. The highest BCUT2D eigenvalue weighted by molar-refractivity contribution is 5.90. The smallest absolute Gasteiger partial charge is 0.183 e. The van der Waals surface area contributed by atoms with Gasteiger partial charge in [-0.05, 0) is 19.3 Å². The molecular formula is C11H14FNO. The number of carbonyl (C=O) groups is 1. The van der Waals surface area contributed by atoms with Crippen LogP contribution in [0.3, 0.4) is 0 Å². The Morgan fingerprint density at radius 2 is 2.29 bits per heavy atom. The van der Waals surface area contributed by atoms with Crippen molar-refractivity contribution in [3.63, 3.8) is 0 Å². The predicted molar refractivity (Wildman–Crippen MR) is 51.5 cm³/mol. The highest BCUT2D eigenvalue weighted by Gasteiger charge is 2.54. The Morgan fingerprint density at radius 3 is 2.71 bits per heavy atom. The van der Waals surface area contributed by atoms with E-state index in [9.17, 15) is 9.18 Å². The number of alkyl halides is 1. The largest absolute Gasteiger partial charge is 0.307 e. The van der Waals surface area contributed by atoms with Crippen molar-refractivity contribution >= 4 is 5.78 Å².